The van der Waals surface area contributed by atoms with Crippen LogP contribution in [0, 0.1) is 0 Å². The van der Waals surface area contributed by atoms with Gasteiger partial charge in [-0.3, -0.25) is 4.98 Å². The molecule has 96 valence electrons. The number of para-hydroxylation sites is 1. The summed E-state index contributed by atoms with van der Waals surface area (Å²) in [6.07, 6.45) is 4.32. The Balaban J connectivity index is 1.90. The average molecular weight is 253 g/mol. The standard InChI is InChI=1S/C15H15N3O/c19-10-9-18-8-7-16-15(18)11-13-6-5-12-3-1-2-4-14(12)17-13/h1-8,19H,9-11H2. The molecular formula is C15H15N3O. The fraction of sp³-hybridized carbons (Fsp3) is 0.200. The Morgan fingerprint density at radius 3 is 2.89 bits per heavy atom. The van der Waals surface area contributed by atoms with Gasteiger partial charge in [0.05, 0.1) is 12.1 Å². The number of imidazole rings is 1. The summed E-state index contributed by atoms with van der Waals surface area (Å²) in [5.41, 5.74) is 1.99. The van der Waals surface area contributed by atoms with Gasteiger partial charge in [0.1, 0.15) is 5.82 Å². The van der Waals surface area contributed by atoms with Crippen LogP contribution in [-0.4, -0.2) is 26.2 Å². The number of benzene rings is 1. The average Bonchev–Trinajstić information content (AvgIpc) is 2.86. The van der Waals surface area contributed by atoms with Crippen molar-refractivity contribution >= 4 is 10.9 Å². The summed E-state index contributed by atoms with van der Waals surface area (Å²) >= 11 is 0. The highest BCUT2D eigenvalue weighted by molar-refractivity contribution is 5.78. The van der Waals surface area contributed by atoms with E-state index in [-0.39, 0.29) is 6.61 Å². The molecule has 0 aliphatic heterocycles. The Kier molecular flexibility index (Phi) is 3.25. The Hall–Kier alpha value is -2.20. The van der Waals surface area contributed by atoms with Gasteiger partial charge in [0.2, 0.25) is 0 Å². The Labute approximate surface area is 111 Å². The number of aromatic nitrogens is 3. The summed E-state index contributed by atoms with van der Waals surface area (Å²) in [5, 5.41) is 10.1. The van der Waals surface area contributed by atoms with Crippen LogP contribution >= 0.6 is 0 Å². The van der Waals surface area contributed by atoms with E-state index in [2.05, 4.69) is 22.1 Å². The van der Waals surface area contributed by atoms with Crippen LogP contribution in [0.5, 0.6) is 0 Å². The van der Waals surface area contributed by atoms with Gasteiger partial charge in [0.15, 0.2) is 0 Å². The fourth-order valence-corrected chi connectivity index (χ4v) is 2.19. The molecule has 2 heterocycles. The summed E-state index contributed by atoms with van der Waals surface area (Å²) in [6.45, 7) is 0.692. The zero-order chi connectivity index (χ0) is 13.1. The van der Waals surface area contributed by atoms with Crippen molar-refractivity contribution in [2.45, 2.75) is 13.0 Å². The van der Waals surface area contributed by atoms with E-state index in [1.165, 1.54) is 0 Å². The van der Waals surface area contributed by atoms with Crippen LogP contribution in [0.4, 0.5) is 0 Å². The Bertz CT molecular complexity index is 690. The summed E-state index contributed by atoms with van der Waals surface area (Å²) < 4.78 is 1.96. The molecule has 1 N–H and O–H groups in total. The molecular weight excluding hydrogens is 238 g/mol. The van der Waals surface area contributed by atoms with E-state index in [0.29, 0.717) is 13.0 Å². The molecule has 0 saturated carbocycles. The van der Waals surface area contributed by atoms with Crippen LogP contribution in [-0.2, 0) is 13.0 Å². The minimum Gasteiger partial charge on any atom is -0.395 e. The van der Waals surface area contributed by atoms with Crippen LogP contribution in [0.2, 0.25) is 0 Å². The number of rotatable bonds is 4. The lowest BCUT2D eigenvalue weighted by molar-refractivity contribution is 0.274. The van der Waals surface area contributed by atoms with Gasteiger partial charge >= 0.3 is 0 Å². The van der Waals surface area contributed by atoms with Crippen LogP contribution in [0.3, 0.4) is 0 Å². The number of fused-ring (bicyclic) bond motifs is 1. The summed E-state index contributed by atoms with van der Waals surface area (Å²) in [4.78, 5) is 8.96. The van der Waals surface area contributed by atoms with Crippen molar-refractivity contribution in [3.8, 4) is 0 Å². The largest absolute Gasteiger partial charge is 0.395 e. The van der Waals surface area contributed by atoms with Crippen molar-refractivity contribution in [1.82, 2.24) is 14.5 Å². The number of aliphatic hydroxyl groups excluding tert-OH is 1. The number of hydrogen-bond donors (Lipinski definition) is 1. The number of nitrogens with zero attached hydrogens (tertiary/aromatic N) is 3. The number of hydrogen-bond acceptors (Lipinski definition) is 3. The maximum absolute atomic E-state index is 9.01. The second kappa shape index (κ2) is 5.20. The second-order valence-corrected chi connectivity index (χ2v) is 4.43. The van der Waals surface area contributed by atoms with Gasteiger partial charge in [-0.2, -0.15) is 0 Å². The fourth-order valence-electron chi connectivity index (χ4n) is 2.19. The topological polar surface area (TPSA) is 50.9 Å². The van der Waals surface area contributed by atoms with E-state index in [4.69, 9.17) is 5.11 Å². The van der Waals surface area contributed by atoms with Gasteiger partial charge in [0.25, 0.3) is 0 Å². The maximum Gasteiger partial charge on any atom is 0.114 e. The van der Waals surface area contributed by atoms with E-state index in [1.807, 2.05) is 35.0 Å². The van der Waals surface area contributed by atoms with Crippen molar-refractivity contribution in [2.75, 3.05) is 6.61 Å². The highest BCUT2D eigenvalue weighted by Crippen LogP contribution is 2.14. The lowest BCUT2D eigenvalue weighted by atomic mass is 10.2. The quantitative estimate of drug-likeness (QED) is 0.774. The first-order valence-electron chi connectivity index (χ1n) is 6.32. The highest BCUT2D eigenvalue weighted by atomic mass is 16.3. The molecule has 3 aromatic rings. The summed E-state index contributed by atoms with van der Waals surface area (Å²) in [6, 6.07) is 12.2. The van der Waals surface area contributed by atoms with E-state index < -0.39 is 0 Å². The predicted molar refractivity (Wildman–Crippen MR) is 73.9 cm³/mol. The molecule has 0 spiro atoms. The van der Waals surface area contributed by atoms with E-state index in [9.17, 15) is 0 Å². The molecule has 0 radical (unpaired) electrons. The first kappa shape index (κ1) is 11.9. The van der Waals surface area contributed by atoms with Gasteiger partial charge in [-0.25, -0.2) is 4.98 Å². The third kappa shape index (κ3) is 2.48. The predicted octanol–water partition coefficient (Wildman–Crippen LogP) is 2.01. The van der Waals surface area contributed by atoms with Crippen molar-refractivity contribution in [1.29, 1.82) is 0 Å². The number of pyridine rings is 1. The van der Waals surface area contributed by atoms with E-state index in [0.717, 1.165) is 22.4 Å². The van der Waals surface area contributed by atoms with Gasteiger partial charge in [0, 0.05) is 36.4 Å². The zero-order valence-corrected chi connectivity index (χ0v) is 10.5. The molecule has 1 aromatic carbocycles. The molecule has 0 aliphatic rings. The van der Waals surface area contributed by atoms with Crippen LogP contribution < -0.4 is 0 Å². The van der Waals surface area contributed by atoms with Gasteiger partial charge in [-0.1, -0.05) is 24.3 Å². The molecule has 19 heavy (non-hydrogen) atoms. The van der Waals surface area contributed by atoms with Gasteiger partial charge in [-0.05, 0) is 12.1 Å². The van der Waals surface area contributed by atoms with Crippen LogP contribution in [0.1, 0.15) is 11.5 Å². The Morgan fingerprint density at radius 1 is 1.11 bits per heavy atom. The van der Waals surface area contributed by atoms with Crippen LogP contribution in [0.25, 0.3) is 10.9 Å². The molecule has 0 aliphatic carbocycles. The van der Waals surface area contributed by atoms with E-state index >= 15 is 0 Å². The highest BCUT2D eigenvalue weighted by Gasteiger charge is 2.05. The molecule has 0 bridgehead atoms. The maximum atomic E-state index is 9.01. The van der Waals surface area contributed by atoms with Gasteiger partial charge in [-0.15, -0.1) is 0 Å². The third-order valence-electron chi connectivity index (χ3n) is 3.14. The normalized spacial score (nSPS) is 11.0. The molecule has 4 heteroatoms. The van der Waals surface area contributed by atoms with Crippen molar-refractivity contribution < 1.29 is 5.11 Å². The summed E-state index contributed by atoms with van der Waals surface area (Å²) in [5.74, 6) is 0.928. The first-order valence-corrected chi connectivity index (χ1v) is 6.32. The lowest BCUT2D eigenvalue weighted by Gasteiger charge is -2.06. The van der Waals surface area contributed by atoms with Crippen LogP contribution in [0.15, 0.2) is 48.8 Å². The summed E-state index contributed by atoms with van der Waals surface area (Å²) in [7, 11) is 0. The first-order chi connectivity index (χ1) is 9.36. The molecule has 2 aromatic heterocycles. The molecule has 0 atom stereocenters. The Morgan fingerprint density at radius 2 is 2.00 bits per heavy atom. The lowest BCUT2D eigenvalue weighted by Crippen LogP contribution is -2.07. The van der Waals surface area contributed by atoms with Crippen molar-refractivity contribution in [3.05, 3.63) is 60.3 Å². The minimum absolute atomic E-state index is 0.120. The molecule has 0 fully saturated rings. The zero-order valence-electron chi connectivity index (χ0n) is 10.5. The molecule has 4 nitrogen and oxygen atoms in total. The van der Waals surface area contributed by atoms with Crippen molar-refractivity contribution in [3.63, 3.8) is 0 Å². The SMILES string of the molecule is OCCn1ccnc1Cc1ccc2ccccc2n1. The third-order valence-corrected chi connectivity index (χ3v) is 3.14. The molecule has 0 amide bonds. The smallest absolute Gasteiger partial charge is 0.114 e. The minimum atomic E-state index is 0.120. The van der Waals surface area contributed by atoms with E-state index in [1.54, 1.807) is 6.20 Å². The van der Waals surface area contributed by atoms with Gasteiger partial charge < -0.3 is 9.67 Å². The van der Waals surface area contributed by atoms with Crippen molar-refractivity contribution in [2.24, 2.45) is 0 Å². The number of aliphatic hydroxyl groups is 1. The molecule has 0 saturated heterocycles. The monoisotopic (exact) mass is 253 g/mol. The second-order valence-electron chi connectivity index (χ2n) is 4.43. The molecule has 0 unspecified atom stereocenters. The molecule has 3 rings (SSSR count).